The van der Waals surface area contributed by atoms with Gasteiger partial charge < -0.3 is 4.42 Å². The van der Waals surface area contributed by atoms with Crippen LogP contribution in [-0.2, 0) is 0 Å². The van der Waals surface area contributed by atoms with Crippen LogP contribution in [-0.4, -0.2) is 5.78 Å². The van der Waals surface area contributed by atoms with Gasteiger partial charge >= 0.3 is 0 Å². The molecule has 11 heavy (non-hydrogen) atoms. The molecular weight excluding hydrogens is 140 g/mol. The second-order valence-electron chi connectivity index (χ2n) is 2.44. The van der Waals surface area contributed by atoms with Gasteiger partial charge in [-0.1, -0.05) is 6.58 Å². The first kappa shape index (κ1) is 7.79. The van der Waals surface area contributed by atoms with E-state index in [0.29, 0.717) is 5.76 Å². The summed E-state index contributed by atoms with van der Waals surface area (Å²) < 4.78 is 5.15. The van der Waals surface area contributed by atoms with Gasteiger partial charge in [0, 0.05) is 0 Å². The molecule has 0 bridgehead atoms. The van der Waals surface area contributed by atoms with Crippen LogP contribution in [0.1, 0.15) is 21.9 Å². The Morgan fingerprint density at radius 3 is 2.64 bits per heavy atom. The van der Waals surface area contributed by atoms with E-state index in [-0.39, 0.29) is 5.78 Å². The average molecular weight is 150 g/mol. The molecule has 2 nitrogen and oxygen atoms in total. The largest absolute Gasteiger partial charge is 0.458 e. The molecule has 1 aromatic heterocycles. The highest BCUT2D eigenvalue weighted by Gasteiger charge is 2.09. The van der Waals surface area contributed by atoms with E-state index in [1.165, 1.54) is 6.08 Å². The molecule has 0 radical (unpaired) electrons. The molecule has 0 saturated heterocycles. The molecule has 0 N–H and O–H groups in total. The van der Waals surface area contributed by atoms with Crippen molar-refractivity contribution in [3.63, 3.8) is 0 Å². The normalized spacial score (nSPS) is 9.64. The summed E-state index contributed by atoms with van der Waals surface area (Å²) in [5.74, 6) is 1.00. The lowest BCUT2D eigenvalue weighted by Gasteiger charge is -1.88. The quantitative estimate of drug-likeness (QED) is 0.478. The van der Waals surface area contributed by atoms with Crippen molar-refractivity contribution < 1.29 is 9.21 Å². The molecule has 0 fully saturated rings. The topological polar surface area (TPSA) is 30.2 Å². The first-order chi connectivity index (χ1) is 5.15. The summed E-state index contributed by atoms with van der Waals surface area (Å²) in [5.41, 5.74) is 0.868. The van der Waals surface area contributed by atoms with Crippen LogP contribution in [0.25, 0.3) is 0 Å². The number of furan rings is 1. The van der Waals surface area contributed by atoms with Crippen LogP contribution < -0.4 is 0 Å². The first-order valence-electron chi connectivity index (χ1n) is 3.39. The van der Waals surface area contributed by atoms with Gasteiger partial charge in [0.2, 0.25) is 5.78 Å². The maximum atomic E-state index is 11.0. The second kappa shape index (κ2) is 2.74. The van der Waals surface area contributed by atoms with Gasteiger partial charge in [0.1, 0.15) is 5.76 Å². The summed E-state index contributed by atoms with van der Waals surface area (Å²) in [6.45, 7) is 7.03. The molecule has 1 aromatic rings. The number of aryl methyl sites for hydroxylation is 2. The number of hydrogen-bond acceptors (Lipinski definition) is 2. The Hall–Kier alpha value is -1.31. The van der Waals surface area contributed by atoms with E-state index in [1.807, 2.05) is 19.9 Å². The Morgan fingerprint density at radius 2 is 2.27 bits per heavy atom. The lowest BCUT2D eigenvalue weighted by atomic mass is 10.2. The fourth-order valence-corrected chi connectivity index (χ4v) is 0.979. The van der Waals surface area contributed by atoms with Gasteiger partial charge in [-0.05, 0) is 31.6 Å². The third kappa shape index (κ3) is 1.40. The summed E-state index contributed by atoms with van der Waals surface area (Å²) in [7, 11) is 0. The highest BCUT2D eigenvalue weighted by molar-refractivity contribution is 6.03. The predicted octanol–water partition coefficient (Wildman–Crippen LogP) is 2.27. The van der Waals surface area contributed by atoms with Crippen molar-refractivity contribution >= 4 is 5.78 Å². The zero-order valence-electron chi connectivity index (χ0n) is 6.68. The SMILES string of the molecule is C=CC(=O)c1oc(C)cc1C. The van der Waals surface area contributed by atoms with E-state index >= 15 is 0 Å². The number of carbonyl (C=O) groups is 1. The number of ketones is 1. The molecule has 2 heteroatoms. The number of allylic oxidation sites excluding steroid dienone is 1. The fraction of sp³-hybridized carbons (Fsp3) is 0.222. The zero-order valence-corrected chi connectivity index (χ0v) is 6.68. The van der Waals surface area contributed by atoms with Gasteiger partial charge in [-0.3, -0.25) is 4.79 Å². The minimum Gasteiger partial charge on any atom is -0.458 e. The maximum Gasteiger partial charge on any atom is 0.220 e. The number of hydrogen-bond donors (Lipinski definition) is 0. The van der Waals surface area contributed by atoms with E-state index < -0.39 is 0 Å². The summed E-state index contributed by atoms with van der Waals surface area (Å²) >= 11 is 0. The molecule has 0 amide bonds. The fourth-order valence-electron chi connectivity index (χ4n) is 0.979. The monoisotopic (exact) mass is 150 g/mol. The van der Waals surface area contributed by atoms with Gasteiger partial charge in [0.05, 0.1) is 0 Å². The van der Waals surface area contributed by atoms with Gasteiger partial charge in [0.15, 0.2) is 5.76 Å². The Bertz CT molecular complexity index is 295. The number of carbonyl (C=O) groups excluding carboxylic acids is 1. The van der Waals surface area contributed by atoms with E-state index in [1.54, 1.807) is 0 Å². The molecule has 0 aliphatic rings. The molecule has 0 aliphatic heterocycles. The smallest absolute Gasteiger partial charge is 0.220 e. The lowest BCUT2D eigenvalue weighted by molar-refractivity contribution is 0.102. The van der Waals surface area contributed by atoms with Crippen molar-refractivity contribution in [2.24, 2.45) is 0 Å². The molecule has 58 valence electrons. The summed E-state index contributed by atoms with van der Waals surface area (Å²) in [6.07, 6.45) is 1.26. The van der Waals surface area contributed by atoms with Crippen molar-refractivity contribution in [2.45, 2.75) is 13.8 Å². The highest BCUT2D eigenvalue weighted by Crippen LogP contribution is 2.14. The molecule has 0 aliphatic carbocycles. The molecule has 1 rings (SSSR count). The summed E-state index contributed by atoms with van der Waals surface area (Å²) in [4.78, 5) is 11.0. The van der Waals surface area contributed by atoms with Gasteiger partial charge in [-0.2, -0.15) is 0 Å². The highest BCUT2D eigenvalue weighted by atomic mass is 16.3. The Labute approximate surface area is 65.5 Å². The Kier molecular flexibility index (Phi) is 1.94. The van der Waals surface area contributed by atoms with Crippen molar-refractivity contribution in [3.8, 4) is 0 Å². The molecule has 0 atom stereocenters. The van der Waals surface area contributed by atoms with E-state index in [4.69, 9.17) is 4.42 Å². The predicted molar refractivity (Wildman–Crippen MR) is 42.7 cm³/mol. The Morgan fingerprint density at radius 1 is 1.64 bits per heavy atom. The van der Waals surface area contributed by atoms with Crippen LogP contribution in [0.3, 0.4) is 0 Å². The van der Waals surface area contributed by atoms with Crippen molar-refractivity contribution in [2.75, 3.05) is 0 Å². The standard InChI is InChI=1S/C9H10O2/c1-4-8(10)9-6(2)5-7(3)11-9/h4-5H,1H2,2-3H3. The summed E-state index contributed by atoms with van der Waals surface area (Å²) in [6, 6.07) is 1.83. The Balaban J connectivity index is 3.12. The van der Waals surface area contributed by atoms with E-state index in [9.17, 15) is 4.79 Å². The molecule has 0 saturated carbocycles. The van der Waals surface area contributed by atoms with Crippen molar-refractivity contribution in [1.82, 2.24) is 0 Å². The van der Waals surface area contributed by atoms with Gasteiger partial charge in [-0.15, -0.1) is 0 Å². The minimum absolute atomic E-state index is 0.157. The van der Waals surface area contributed by atoms with Crippen LogP contribution >= 0.6 is 0 Å². The van der Waals surface area contributed by atoms with Crippen LogP contribution in [0.5, 0.6) is 0 Å². The molecule has 0 aromatic carbocycles. The average Bonchev–Trinajstić information content (AvgIpc) is 2.28. The van der Waals surface area contributed by atoms with E-state index in [0.717, 1.165) is 11.3 Å². The van der Waals surface area contributed by atoms with Crippen LogP contribution in [0.2, 0.25) is 0 Å². The van der Waals surface area contributed by atoms with Gasteiger partial charge in [0.25, 0.3) is 0 Å². The van der Waals surface area contributed by atoms with Crippen molar-refractivity contribution in [1.29, 1.82) is 0 Å². The molecule has 1 heterocycles. The van der Waals surface area contributed by atoms with Gasteiger partial charge in [-0.25, -0.2) is 0 Å². The third-order valence-electron chi connectivity index (χ3n) is 1.45. The second-order valence-corrected chi connectivity index (χ2v) is 2.44. The molecular formula is C9H10O2. The zero-order chi connectivity index (χ0) is 8.43. The maximum absolute atomic E-state index is 11.0. The van der Waals surface area contributed by atoms with Crippen molar-refractivity contribution in [3.05, 3.63) is 35.8 Å². The minimum atomic E-state index is -0.157. The summed E-state index contributed by atoms with van der Waals surface area (Å²) in [5, 5.41) is 0. The van der Waals surface area contributed by atoms with Crippen LogP contribution in [0.15, 0.2) is 23.1 Å². The van der Waals surface area contributed by atoms with E-state index in [2.05, 4.69) is 6.58 Å². The lowest BCUT2D eigenvalue weighted by Crippen LogP contribution is -1.92. The number of rotatable bonds is 2. The third-order valence-corrected chi connectivity index (χ3v) is 1.45. The van der Waals surface area contributed by atoms with Crippen LogP contribution in [0.4, 0.5) is 0 Å². The first-order valence-corrected chi connectivity index (χ1v) is 3.39. The van der Waals surface area contributed by atoms with Crippen LogP contribution in [0, 0.1) is 13.8 Å². The molecule has 0 unspecified atom stereocenters. The molecule has 0 spiro atoms.